The van der Waals surface area contributed by atoms with Gasteiger partial charge in [0, 0.05) is 30.0 Å². The van der Waals surface area contributed by atoms with Gasteiger partial charge in [-0.25, -0.2) is 9.97 Å². The third kappa shape index (κ3) is 4.26. The van der Waals surface area contributed by atoms with E-state index in [1.807, 2.05) is 39.0 Å². The molecule has 4 aromatic rings. The molecule has 0 amide bonds. The lowest BCUT2D eigenvalue weighted by Crippen LogP contribution is -2.13. The fraction of sp³-hybridized carbons (Fsp3) is 0.231. The van der Waals surface area contributed by atoms with Crippen molar-refractivity contribution in [2.75, 3.05) is 17.7 Å². The summed E-state index contributed by atoms with van der Waals surface area (Å²) in [6.45, 7) is 7.61. The monoisotopic (exact) mass is 475 g/mol. The zero-order chi connectivity index (χ0) is 24.6. The molecule has 0 aliphatic carbocycles. The van der Waals surface area contributed by atoms with Crippen LogP contribution in [0.3, 0.4) is 0 Å². The predicted octanol–water partition coefficient (Wildman–Crippen LogP) is 6.04. The number of aromatic nitrogens is 2. The molecule has 8 heteroatoms. The average Bonchev–Trinajstić information content (AvgIpc) is 2.82. The number of hydrogen-bond donors (Lipinski definition) is 3. The summed E-state index contributed by atoms with van der Waals surface area (Å²) in [5, 5.41) is 15.0. The van der Waals surface area contributed by atoms with Crippen molar-refractivity contribution in [3.05, 3.63) is 79.7 Å². The maximum absolute atomic E-state index is 13.4. The van der Waals surface area contributed by atoms with Crippen LogP contribution in [0, 0.1) is 26.2 Å². The molecule has 0 fully saturated rings. The first kappa shape index (κ1) is 23.4. The van der Waals surface area contributed by atoms with Crippen LogP contribution in [0.5, 0.6) is 0 Å². The molecule has 0 bridgehead atoms. The first-order valence-corrected chi connectivity index (χ1v) is 11.3. The first-order chi connectivity index (χ1) is 16.2. The van der Waals surface area contributed by atoms with Crippen LogP contribution >= 0.6 is 11.6 Å². The normalized spacial score (nSPS) is 11.9. The highest BCUT2D eigenvalue weighted by atomic mass is 35.5. The third-order valence-electron chi connectivity index (χ3n) is 5.83. The minimum absolute atomic E-state index is 0.0957. The van der Waals surface area contributed by atoms with Gasteiger partial charge in [-0.3, -0.25) is 4.79 Å². The topological polar surface area (TPSA) is 104 Å². The molecule has 3 heterocycles. The summed E-state index contributed by atoms with van der Waals surface area (Å²) in [6.07, 6.45) is 1.23. The third-order valence-corrected chi connectivity index (χ3v) is 6.04. The molecule has 174 valence electrons. The van der Waals surface area contributed by atoms with E-state index in [2.05, 4.69) is 20.6 Å². The van der Waals surface area contributed by atoms with Crippen molar-refractivity contribution in [1.29, 1.82) is 5.41 Å². The summed E-state index contributed by atoms with van der Waals surface area (Å²) >= 11 is 6.01. The molecule has 7 nitrogen and oxygen atoms in total. The van der Waals surface area contributed by atoms with Crippen LogP contribution in [-0.4, -0.2) is 23.2 Å². The largest absolute Gasteiger partial charge is 0.454 e. The van der Waals surface area contributed by atoms with Crippen LogP contribution in [0.15, 0.2) is 45.6 Å². The lowest BCUT2D eigenvalue weighted by Gasteiger charge is -2.19. The summed E-state index contributed by atoms with van der Waals surface area (Å²) < 4.78 is 6.40. The maximum atomic E-state index is 13.4. The molecule has 1 unspecified atom stereocenters. The van der Waals surface area contributed by atoms with Crippen molar-refractivity contribution in [3.63, 3.8) is 0 Å². The van der Waals surface area contributed by atoms with Gasteiger partial charge in [0.15, 0.2) is 11.2 Å². The van der Waals surface area contributed by atoms with Crippen molar-refractivity contribution >= 4 is 40.3 Å². The van der Waals surface area contributed by atoms with Crippen LogP contribution in [0.2, 0.25) is 5.15 Å². The lowest BCUT2D eigenvalue weighted by molar-refractivity contribution is 0.603. The number of nitrogens with zero attached hydrogens (tertiary/aromatic N) is 2. The van der Waals surface area contributed by atoms with E-state index < -0.39 is 0 Å². The molecule has 0 aliphatic rings. The molecule has 4 rings (SSSR count). The minimum Gasteiger partial charge on any atom is -0.454 e. The Balaban J connectivity index is 1.89. The van der Waals surface area contributed by atoms with Crippen LogP contribution in [0.4, 0.5) is 11.5 Å². The Morgan fingerprint density at radius 3 is 2.56 bits per heavy atom. The van der Waals surface area contributed by atoms with E-state index in [1.165, 1.54) is 6.21 Å². The summed E-state index contributed by atoms with van der Waals surface area (Å²) in [4.78, 5) is 22.3. The highest BCUT2D eigenvalue weighted by Crippen LogP contribution is 2.32. The highest BCUT2D eigenvalue weighted by Gasteiger charge is 2.20. The minimum atomic E-state index is -0.177. The van der Waals surface area contributed by atoms with Gasteiger partial charge in [0.25, 0.3) is 0 Å². The molecule has 0 spiro atoms. The van der Waals surface area contributed by atoms with Gasteiger partial charge >= 0.3 is 0 Å². The van der Waals surface area contributed by atoms with E-state index in [0.717, 1.165) is 22.5 Å². The van der Waals surface area contributed by atoms with Crippen molar-refractivity contribution in [1.82, 2.24) is 9.97 Å². The number of fused-ring (bicyclic) bond motifs is 1. The molecule has 1 aromatic carbocycles. The highest BCUT2D eigenvalue weighted by molar-refractivity contribution is 6.29. The van der Waals surface area contributed by atoms with E-state index in [0.29, 0.717) is 44.5 Å². The second kappa shape index (κ2) is 9.27. The van der Waals surface area contributed by atoms with Gasteiger partial charge in [0.05, 0.1) is 22.8 Å². The number of pyridine rings is 2. The number of hydrogen-bond acceptors (Lipinski definition) is 7. The van der Waals surface area contributed by atoms with Crippen LogP contribution in [0.25, 0.3) is 22.4 Å². The average molecular weight is 476 g/mol. The summed E-state index contributed by atoms with van der Waals surface area (Å²) in [6, 6.07) is 10.9. The van der Waals surface area contributed by atoms with Crippen LogP contribution in [-0.2, 0) is 0 Å². The number of nitrogens with one attached hydrogen (secondary N) is 3. The number of rotatable bonds is 6. The number of benzene rings is 1. The SMILES string of the molecule is CNc1nc(-c2oc3c(C(C)Nc4ccc(Cl)nc4C)cc(C)cc3c(=O)c2C)ccc1C=N. The van der Waals surface area contributed by atoms with E-state index in [4.69, 9.17) is 21.4 Å². The summed E-state index contributed by atoms with van der Waals surface area (Å²) in [7, 11) is 1.74. The van der Waals surface area contributed by atoms with E-state index in [1.54, 1.807) is 32.2 Å². The molecular weight excluding hydrogens is 450 g/mol. The van der Waals surface area contributed by atoms with Gasteiger partial charge in [-0.15, -0.1) is 0 Å². The molecule has 34 heavy (non-hydrogen) atoms. The van der Waals surface area contributed by atoms with Crippen LogP contribution < -0.4 is 16.1 Å². The van der Waals surface area contributed by atoms with Gasteiger partial charge in [-0.2, -0.15) is 0 Å². The smallest absolute Gasteiger partial charge is 0.196 e. The number of halogens is 1. The van der Waals surface area contributed by atoms with Gasteiger partial charge in [-0.05, 0) is 63.6 Å². The zero-order valence-corrected chi connectivity index (χ0v) is 20.5. The van der Waals surface area contributed by atoms with E-state index in [-0.39, 0.29) is 11.5 Å². The van der Waals surface area contributed by atoms with Crippen molar-refractivity contribution < 1.29 is 4.42 Å². The van der Waals surface area contributed by atoms with Gasteiger partial charge in [0.2, 0.25) is 0 Å². The fourth-order valence-corrected chi connectivity index (χ4v) is 4.23. The molecule has 0 aliphatic heterocycles. The Morgan fingerprint density at radius 1 is 1.12 bits per heavy atom. The molecule has 3 N–H and O–H groups in total. The first-order valence-electron chi connectivity index (χ1n) is 10.9. The molecule has 1 atom stereocenters. The molecule has 0 saturated heterocycles. The zero-order valence-electron chi connectivity index (χ0n) is 19.7. The molecule has 3 aromatic heterocycles. The lowest BCUT2D eigenvalue weighted by atomic mass is 9.99. The maximum Gasteiger partial charge on any atom is 0.196 e. The summed E-state index contributed by atoms with van der Waals surface area (Å²) in [5.41, 5.74) is 5.53. The number of aryl methyl sites for hydroxylation is 2. The Labute approximate surface area is 202 Å². The Morgan fingerprint density at radius 2 is 1.88 bits per heavy atom. The van der Waals surface area contributed by atoms with Gasteiger partial charge in [0.1, 0.15) is 22.2 Å². The standard InChI is InChI=1S/C26H26ClN5O2/c1-13-10-18(15(3)30-20-8-9-22(27)31-16(20)4)25-19(11-13)23(33)14(2)24(34-25)21-7-6-17(12-28)26(29-5)32-21/h6-12,15,28,30H,1-5H3,(H,29,32). The van der Waals surface area contributed by atoms with Gasteiger partial charge in [-0.1, -0.05) is 17.7 Å². The van der Waals surface area contributed by atoms with Gasteiger partial charge < -0.3 is 20.5 Å². The summed E-state index contributed by atoms with van der Waals surface area (Å²) in [5.74, 6) is 0.951. The molecule has 0 radical (unpaired) electrons. The molecule has 0 saturated carbocycles. The Bertz CT molecular complexity index is 1480. The fourth-order valence-electron chi connectivity index (χ4n) is 4.04. The quantitative estimate of drug-likeness (QED) is 0.232. The van der Waals surface area contributed by atoms with E-state index >= 15 is 0 Å². The predicted molar refractivity (Wildman–Crippen MR) is 139 cm³/mol. The second-order valence-electron chi connectivity index (χ2n) is 8.28. The van der Waals surface area contributed by atoms with E-state index in [9.17, 15) is 4.79 Å². The Kier molecular flexibility index (Phi) is 6.39. The van der Waals surface area contributed by atoms with Crippen molar-refractivity contribution in [2.45, 2.75) is 33.7 Å². The number of anilines is 2. The van der Waals surface area contributed by atoms with Crippen LogP contribution in [0.1, 0.15) is 40.9 Å². The Hall–Kier alpha value is -3.71. The molecular formula is C26H26ClN5O2. The van der Waals surface area contributed by atoms with Crippen molar-refractivity contribution in [2.24, 2.45) is 0 Å². The second-order valence-corrected chi connectivity index (χ2v) is 8.67. The van der Waals surface area contributed by atoms with Crippen molar-refractivity contribution in [3.8, 4) is 11.5 Å².